The van der Waals surface area contributed by atoms with Crippen molar-refractivity contribution in [2.24, 2.45) is 5.92 Å². The van der Waals surface area contributed by atoms with Crippen molar-refractivity contribution < 1.29 is 22.7 Å². The molecule has 1 aliphatic heterocycles. The Morgan fingerprint density at radius 2 is 2.04 bits per heavy atom. The zero-order chi connectivity index (χ0) is 17.9. The van der Waals surface area contributed by atoms with Gasteiger partial charge in [0.1, 0.15) is 5.69 Å². The summed E-state index contributed by atoms with van der Waals surface area (Å²) in [6.07, 6.45) is -3.59. The van der Waals surface area contributed by atoms with Crippen LogP contribution in [0.3, 0.4) is 0 Å². The second-order valence-corrected chi connectivity index (χ2v) is 5.93. The third kappa shape index (κ3) is 4.36. The highest BCUT2D eigenvalue weighted by Crippen LogP contribution is 2.29. The first-order valence-electron chi connectivity index (χ1n) is 7.94. The standard InChI is InChI=1S/C18H17F3N2O2/c19-18(20,21)16-6-2-5-15(23-16)13-3-1-4-14(9-13)17(24)22-10-12-7-8-25-11-12/h1-6,9,12H,7-8,10-11H2,(H,22,24). The first-order valence-corrected chi connectivity index (χ1v) is 7.94. The third-order valence-electron chi connectivity index (χ3n) is 4.04. The van der Waals surface area contributed by atoms with Crippen LogP contribution in [0, 0.1) is 5.92 Å². The van der Waals surface area contributed by atoms with Crippen LogP contribution < -0.4 is 5.32 Å². The molecule has 4 nitrogen and oxygen atoms in total. The molecule has 0 aliphatic carbocycles. The van der Waals surface area contributed by atoms with Crippen LogP contribution in [-0.4, -0.2) is 30.6 Å². The molecule has 1 atom stereocenters. The van der Waals surface area contributed by atoms with Crippen LogP contribution in [0.15, 0.2) is 42.5 Å². The Bertz CT molecular complexity index is 756. The summed E-state index contributed by atoms with van der Waals surface area (Å²) in [6.45, 7) is 1.86. The van der Waals surface area contributed by atoms with E-state index in [1.807, 2.05) is 0 Å². The van der Waals surface area contributed by atoms with Crippen LogP contribution >= 0.6 is 0 Å². The zero-order valence-corrected chi connectivity index (χ0v) is 13.3. The normalized spacial score (nSPS) is 17.5. The molecule has 2 aromatic rings. The Kier molecular flexibility index (Phi) is 5.03. The van der Waals surface area contributed by atoms with Gasteiger partial charge in [-0.15, -0.1) is 0 Å². The summed E-state index contributed by atoms with van der Waals surface area (Å²) in [4.78, 5) is 15.9. The van der Waals surface area contributed by atoms with Gasteiger partial charge in [-0.3, -0.25) is 4.79 Å². The topological polar surface area (TPSA) is 51.2 Å². The number of benzene rings is 1. The fourth-order valence-electron chi connectivity index (χ4n) is 2.66. The molecule has 0 bridgehead atoms. The maximum Gasteiger partial charge on any atom is 0.433 e. The molecule has 7 heteroatoms. The van der Waals surface area contributed by atoms with Crippen LogP contribution in [-0.2, 0) is 10.9 Å². The summed E-state index contributed by atoms with van der Waals surface area (Å²) in [6, 6.07) is 10.1. The Labute approximate surface area is 143 Å². The second-order valence-electron chi connectivity index (χ2n) is 5.93. The van der Waals surface area contributed by atoms with Gasteiger partial charge in [0.15, 0.2) is 0 Å². The molecule has 25 heavy (non-hydrogen) atoms. The molecule has 1 amide bonds. The minimum absolute atomic E-state index is 0.175. The number of carbonyl (C=O) groups excluding carboxylic acids is 1. The molecule has 2 heterocycles. The molecule has 1 N–H and O–H groups in total. The number of hydrogen-bond acceptors (Lipinski definition) is 3. The van der Waals surface area contributed by atoms with Gasteiger partial charge in [-0.2, -0.15) is 13.2 Å². The summed E-state index contributed by atoms with van der Waals surface area (Å²) in [5.41, 5.74) is 0.0633. The molecule has 1 fully saturated rings. The predicted molar refractivity (Wildman–Crippen MR) is 85.9 cm³/mol. The van der Waals surface area contributed by atoms with E-state index in [0.717, 1.165) is 12.5 Å². The first-order chi connectivity index (χ1) is 11.9. The van der Waals surface area contributed by atoms with Gasteiger partial charge < -0.3 is 10.1 Å². The van der Waals surface area contributed by atoms with Crippen LogP contribution in [0.1, 0.15) is 22.5 Å². The minimum atomic E-state index is -4.51. The fourth-order valence-corrected chi connectivity index (χ4v) is 2.66. The Morgan fingerprint density at radius 3 is 2.76 bits per heavy atom. The maximum absolute atomic E-state index is 12.8. The first kappa shape index (κ1) is 17.4. The molecular weight excluding hydrogens is 333 g/mol. The van der Waals surface area contributed by atoms with E-state index in [-0.39, 0.29) is 11.6 Å². The van der Waals surface area contributed by atoms with Gasteiger partial charge in [-0.05, 0) is 30.7 Å². The zero-order valence-electron chi connectivity index (χ0n) is 13.3. The summed E-state index contributed by atoms with van der Waals surface area (Å²) < 4.78 is 43.7. The van der Waals surface area contributed by atoms with E-state index in [2.05, 4.69) is 10.3 Å². The summed E-state index contributed by atoms with van der Waals surface area (Å²) >= 11 is 0. The van der Waals surface area contributed by atoms with Crippen molar-refractivity contribution >= 4 is 5.91 Å². The number of nitrogens with zero attached hydrogens (tertiary/aromatic N) is 1. The van der Waals surface area contributed by atoms with Crippen molar-refractivity contribution in [2.75, 3.05) is 19.8 Å². The quantitative estimate of drug-likeness (QED) is 0.918. The van der Waals surface area contributed by atoms with E-state index in [9.17, 15) is 18.0 Å². The lowest BCUT2D eigenvalue weighted by molar-refractivity contribution is -0.141. The highest BCUT2D eigenvalue weighted by Gasteiger charge is 2.32. The molecule has 0 saturated carbocycles. The number of ether oxygens (including phenoxy) is 1. The van der Waals surface area contributed by atoms with Crippen LogP contribution in [0.4, 0.5) is 13.2 Å². The van der Waals surface area contributed by atoms with Gasteiger partial charge in [0.25, 0.3) is 5.91 Å². The van der Waals surface area contributed by atoms with Gasteiger partial charge in [0.2, 0.25) is 0 Å². The van der Waals surface area contributed by atoms with E-state index in [1.54, 1.807) is 24.3 Å². The molecule has 1 saturated heterocycles. The van der Waals surface area contributed by atoms with E-state index in [1.165, 1.54) is 12.1 Å². The average molecular weight is 350 g/mol. The monoisotopic (exact) mass is 350 g/mol. The minimum Gasteiger partial charge on any atom is -0.381 e. The van der Waals surface area contributed by atoms with Gasteiger partial charge in [0, 0.05) is 30.2 Å². The number of rotatable bonds is 4. The second kappa shape index (κ2) is 7.23. The Morgan fingerprint density at radius 1 is 1.24 bits per heavy atom. The highest BCUT2D eigenvalue weighted by atomic mass is 19.4. The van der Waals surface area contributed by atoms with Crippen molar-refractivity contribution in [1.82, 2.24) is 10.3 Å². The number of amides is 1. The molecule has 1 aromatic heterocycles. The van der Waals surface area contributed by atoms with Gasteiger partial charge in [0.05, 0.1) is 12.3 Å². The molecular formula is C18H17F3N2O2. The third-order valence-corrected chi connectivity index (χ3v) is 4.04. The fraction of sp³-hybridized carbons (Fsp3) is 0.333. The smallest absolute Gasteiger partial charge is 0.381 e. The number of alkyl halides is 3. The van der Waals surface area contributed by atoms with Crippen molar-refractivity contribution in [3.05, 3.63) is 53.7 Å². The highest BCUT2D eigenvalue weighted by molar-refractivity contribution is 5.95. The number of carbonyl (C=O) groups is 1. The van der Waals surface area contributed by atoms with Gasteiger partial charge in [-0.25, -0.2) is 4.98 Å². The van der Waals surface area contributed by atoms with E-state index in [4.69, 9.17) is 4.74 Å². The molecule has 0 radical (unpaired) electrons. The summed E-state index contributed by atoms with van der Waals surface area (Å²) in [5.74, 6) is 0.0398. The largest absolute Gasteiger partial charge is 0.433 e. The Balaban J connectivity index is 1.76. The molecule has 0 spiro atoms. The predicted octanol–water partition coefficient (Wildman–Crippen LogP) is 3.53. The molecule has 1 aromatic carbocycles. The Hall–Kier alpha value is -2.41. The summed E-state index contributed by atoms with van der Waals surface area (Å²) in [7, 11) is 0. The number of pyridine rings is 1. The molecule has 1 unspecified atom stereocenters. The number of nitrogens with one attached hydrogen (secondary N) is 1. The molecule has 132 valence electrons. The van der Waals surface area contributed by atoms with Crippen LogP contribution in [0.25, 0.3) is 11.3 Å². The van der Waals surface area contributed by atoms with Crippen molar-refractivity contribution in [3.63, 3.8) is 0 Å². The molecule has 1 aliphatic rings. The van der Waals surface area contributed by atoms with Crippen molar-refractivity contribution in [1.29, 1.82) is 0 Å². The lowest BCUT2D eigenvalue weighted by atomic mass is 10.1. The van der Waals surface area contributed by atoms with Crippen LogP contribution in [0.2, 0.25) is 0 Å². The van der Waals surface area contributed by atoms with Gasteiger partial charge in [-0.1, -0.05) is 18.2 Å². The maximum atomic E-state index is 12.8. The number of hydrogen-bond donors (Lipinski definition) is 1. The SMILES string of the molecule is O=C(NCC1CCOC1)c1cccc(-c2cccc(C(F)(F)F)n2)c1. The van der Waals surface area contributed by atoms with E-state index in [0.29, 0.717) is 36.8 Å². The van der Waals surface area contributed by atoms with Crippen LogP contribution in [0.5, 0.6) is 0 Å². The number of halogens is 3. The lowest BCUT2D eigenvalue weighted by Crippen LogP contribution is -2.29. The lowest BCUT2D eigenvalue weighted by Gasteiger charge is -2.11. The van der Waals surface area contributed by atoms with Crippen molar-refractivity contribution in [2.45, 2.75) is 12.6 Å². The summed E-state index contributed by atoms with van der Waals surface area (Å²) in [5, 5.41) is 2.84. The van der Waals surface area contributed by atoms with Gasteiger partial charge >= 0.3 is 6.18 Å². The molecule has 3 rings (SSSR count). The van der Waals surface area contributed by atoms with E-state index < -0.39 is 11.9 Å². The number of aromatic nitrogens is 1. The average Bonchev–Trinajstić information content (AvgIpc) is 3.13. The van der Waals surface area contributed by atoms with Crippen molar-refractivity contribution in [3.8, 4) is 11.3 Å². The van der Waals surface area contributed by atoms with E-state index >= 15 is 0 Å².